The molecule has 6 aromatic rings. The minimum atomic E-state index is -0.813. The van der Waals surface area contributed by atoms with Crippen molar-refractivity contribution in [2.45, 2.75) is 19.3 Å². The van der Waals surface area contributed by atoms with Gasteiger partial charge in [0.1, 0.15) is 16.9 Å². The topological polar surface area (TPSA) is 35.0 Å². The van der Waals surface area contributed by atoms with Crippen LogP contribution in [0.2, 0.25) is 0 Å². The van der Waals surface area contributed by atoms with Crippen molar-refractivity contribution >= 4 is 0 Å². The third-order valence-electron chi connectivity index (χ3n) is 7.56. The third-order valence-corrected chi connectivity index (χ3v) is 7.56. The summed E-state index contributed by atoms with van der Waals surface area (Å²) in [6.07, 6.45) is 0. The zero-order valence-corrected chi connectivity index (χ0v) is 24.9. The summed E-state index contributed by atoms with van der Waals surface area (Å²) in [4.78, 5) is 10.6. The first-order valence-electron chi connectivity index (χ1n) is 13.4. The number of benzene rings is 4. The summed E-state index contributed by atoms with van der Waals surface area (Å²) in [7, 11) is 0. The normalized spacial score (nSPS) is 12.8. The Kier molecular flexibility index (Phi) is 7.15. The summed E-state index contributed by atoms with van der Waals surface area (Å²) in [6.45, 7) is 4.14. The van der Waals surface area contributed by atoms with Gasteiger partial charge in [0.25, 0.3) is 0 Å². The number of hydrogen-bond donors (Lipinski definition) is 0. The molecule has 3 nitrogen and oxygen atoms in total. The number of ether oxygens (including phenoxy) is 1. The van der Waals surface area contributed by atoms with E-state index in [2.05, 4.69) is 98.8 Å². The second-order valence-electron chi connectivity index (χ2n) is 10.2. The van der Waals surface area contributed by atoms with Crippen LogP contribution in [0.3, 0.4) is 0 Å². The second-order valence-corrected chi connectivity index (χ2v) is 10.2. The number of rotatable bonds is 4. The monoisotopic (exact) mass is 709 g/mol. The fourth-order valence-corrected chi connectivity index (χ4v) is 5.59. The number of aryl methyl sites for hydroxylation is 2. The van der Waals surface area contributed by atoms with Crippen LogP contribution in [0.1, 0.15) is 33.6 Å². The van der Waals surface area contributed by atoms with Gasteiger partial charge in [-0.2, -0.15) is 0 Å². The number of aromatic nitrogens is 2. The summed E-state index contributed by atoms with van der Waals surface area (Å²) < 4.78 is 6.46. The number of para-hydroxylation sites is 2. The average Bonchev–Trinajstić information content (AvgIpc) is 3.01. The van der Waals surface area contributed by atoms with Gasteiger partial charge >= 0.3 is 21.1 Å². The average molecular weight is 710 g/mol. The Hall–Kier alpha value is -4.33. The summed E-state index contributed by atoms with van der Waals surface area (Å²) in [5.74, 6) is 1.59. The molecule has 0 bridgehead atoms. The van der Waals surface area contributed by atoms with E-state index in [-0.39, 0.29) is 21.1 Å². The molecule has 7 rings (SSSR count). The maximum atomic E-state index is 6.46. The van der Waals surface area contributed by atoms with Crippen molar-refractivity contribution in [3.63, 3.8) is 0 Å². The van der Waals surface area contributed by atoms with Crippen molar-refractivity contribution in [1.29, 1.82) is 0 Å². The summed E-state index contributed by atoms with van der Waals surface area (Å²) >= 11 is 0. The van der Waals surface area contributed by atoms with Gasteiger partial charge in [-0.1, -0.05) is 74.5 Å². The van der Waals surface area contributed by atoms with Crippen LogP contribution < -0.4 is 4.74 Å². The van der Waals surface area contributed by atoms with Crippen LogP contribution in [0, 0.1) is 26.0 Å². The fourth-order valence-electron chi connectivity index (χ4n) is 5.59. The molecule has 3 heterocycles. The van der Waals surface area contributed by atoms with E-state index in [9.17, 15) is 0 Å². The molecule has 0 unspecified atom stereocenters. The number of hydrogen-bond acceptors (Lipinski definition) is 3. The van der Waals surface area contributed by atoms with Gasteiger partial charge in [0, 0.05) is 11.1 Å². The second kappa shape index (κ2) is 10.9. The third kappa shape index (κ3) is 4.61. The number of fused-ring (bicyclic) bond motifs is 2. The van der Waals surface area contributed by atoms with Crippen LogP contribution in [0.15, 0.2) is 121 Å². The van der Waals surface area contributed by atoms with Crippen molar-refractivity contribution < 1.29 is 25.8 Å². The van der Waals surface area contributed by atoms with Crippen LogP contribution in [0.25, 0.3) is 22.5 Å². The van der Waals surface area contributed by atoms with E-state index in [0.717, 1.165) is 67.7 Å². The maximum Gasteiger partial charge on any atom is 2.00 e. The van der Waals surface area contributed by atoms with Gasteiger partial charge in [0.15, 0.2) is 0 Å². The van der Waals surface area contributed by atoms with Gasteiger partial charge in [-0.3, -0.25) is 9.97 Å². The minimum absolute atomic E-state index is 0. The smallest absolute Gasteiger partial charge is 0.457 e. The van der Waals surface area contributed by atoms with Gasteiger partial charge in [0.2, 0.25) is 0 Å². The van der Waals surface area contributed by atoms with Gasteiger partial charge in [-0.25, -0.2) is 0 Å². The maximum absolute atomic E-state index is 6.46. The molecule has 0 atom stereocenters. The largest absolute Gasteiger partial charge is 2.00 e. The minimum Gasteiger partial charge on any atom is -0.457 e. The molecule has 0 radical (unpaired) electrons. The van der Waals surface area contributed by atoms with Gasteiger partial charge in [-0.15, -0.1) is 70.8 Å². The van der Waals surface area contributed by atoms with E-state index in [1.807, 2.05) is 48.5 Å². The van der Waals surface area contributed by atoms with Crippen molar-refractivity contribution in [3.8, 4) is 34.0 Å². The van der Waals surface area contributed by atoms with Gasteiger partial charge < -0.3 is 4.74 Å². The molecular weight excluding hydrogens is 683 g/mol. The Morgan fingerprint density at radius 3 is 1.44 bits per heavy atom. The Labute approximate surface area is 255 Å². The fraction of sp³-hybridized carbons (Fsp3) is 0.0811. The molecule has 1 aliphatic rings. The van der Waals surface area contributed by atoms with E-state index < -0.39 is 5.41 Å². The first-order chi connectivity index (χ1) is 19.6. The van der Waals surface area contributed by atoms with E-state index >= 15 is 0 Å². The molecule has 200 valence electrons. The Morgan fingerprint density at radius 1 is 0.537 bits per heavy atom. The Bertz CT molecular complexity index is 1710. The van der Waals surface area contributed by atoms with E-state index in [1.165, 1.54) is 0 Å². The first-order valence-corrected chi connectivity index (χ1v) is 13.4. The zero-order chi connectivity index (χ0) is 27.1. The molecule has 2 aromatic heterocycles. The summed E-state index contributed by atoms with van der Waals surface area (Å²) in [5.41, 5.74) is 8.90. The van der Waals surface area contributed by atoms with Crippen molar-refractivity contribution in [1.82, 2.24) is 9.97 Å². The number of pyridine rings is 2. The predicted octanol–water partition coefficient (Wildman–Crippen LogP) is 8.51. The molecule has 0 amide bonds. The molecule has 0 fully saturated rings. The van der Waals surface area contributed by atoms with Gasteiger partial charge in [-0.05, 0) is 35.7 Å². The molecule has 0 aliphatic carbocycles. The SMILES string of the molecule is Cc1c[c-]c(-c2cccc(C3(c4cccc(-c5[c-]cc(C)cc5)n4)c4ccccc4Oc4ccccc43)n2)cc1.[Pt+2]. The molecule has 1 aliphatic heterocycles. The molecule has 4 aromatic carbocycles. The molecule has 4 heteroatoms. The Morgan fingerprint density at radius 2 is 1.00 bits per heavy atom. The van der Waals surface area contributed by atoms with Gasteiger partial charge in [0.05, 0.1) is 11.4 Å². The van der Waals surface area contributed by atoms with Crippen LogP contribution in [-0.2, 0) is 26.5 Å². The van der Waals surface area contributed by atoms with E-state index in [4.69, 9.17) is 14.7 Å². The molecule has 41 heavy (non-hydrogen) atoms. The molecule has 0 saturated carbocycles. The van der Waals surface area contributed by atoms with Crippen molar-refractivity contribution in [3.05, 3.63) is 167 Å². The molecule has 0 saturated heterocycles. The van der Waals surface area contributed by atoms with E-state index in [0.29, 0.717) is 0 Å². The van der Waals surface area contributed by atoms with Crippen LogP contribution in [0.5, 0.6) is 11.5 Å². The van der Waals surface area contributed by atoms with Crippen LogP contribution in [-0.4, -0.2) is 9.97 Å². The summed E-state index contributed by atoms with van der Waals surface area (Å²) in [6, 6.07) is 48.0. The van der Waals surface area contributed by atoms with Crippen LogP contribution in [0.4, 0.5) is 0 Å². The Balaban J connectivity index is 0.00000302. The molecule has 0 spiro atoms. The molecule has 0 N–H and O–H groups in total. The summed E-state index contributed by atoms with van der Waals surface area (Å²) in [5, 5.41) is 0. The first kappa shape index (κ1) is 26.9. The quantitative estimate of drug-likeness (QED) is 0.172. The predicted molar refractivity (Wildman–Crippen MR) is 158 cm³/mol. The van der Waals surface area contributed by atoms with Crippen molar-refractivity contribution in [2.24, 2.45) is 0 Å². The molecular formula is C37H26N2OPt. The zero-order valence-electron chi connectivity index (χ0n) is 22.7. The van der Waals surface area contributed by atoms with E-state index in [1.54, 1.807) is 0 Å². The standard InChI is InChI=1S/C37H26N2O.Pt/c1-25-17-21-27(22-18-25)31-11-7-15-35(38-31)37(36-16-8-12-32(39-36)28-23-19-26(2)20-24-28)29-9-3-5-13-33(29)40-34-14-6-4-10-30(34)37;/h3-21,23H,1-2H3;/q-2;+2. The van der Waals surface area contributed by atoms with Crippen LogP contribution >= 0.6 is 0 Å². The number of nitrogens with zero attached hydrogens (tertiary/aromatic N) is 2. The van der Waals surface area contributed by atoms with Crippen molar-refractivity contribution in [2.75, 3.05) is 0 Å².